The molecule has 2 aliphatic heterocycles. The van der Waals surface area contributed by atoms with Crippen LogP contribution >= 0.6 is 0 Å². The normalized spacial score (nSPS) is 24.9. The highest BCUT2D eigenvalue weighted by Crippen LogP contribution is 2.27. The molecule has 2 heteroatoms. The Morgan fingerprint density at radius 2 is 1.45 bits per heavy atom. The van der Waals surface area contributed by atoms with Crippen LogP contribution in [0, 0.1) is 11.8 Å². The van der Waals surface area contributed by atoms with Gasteiger partial charge in [-0.25, -0.2) is 0 Å². The van der Waals surface area contributed by atoms with Gasteiger partial charge < -0.3 is 9.80 Å². The molecule has 2 fully saturated rings. The van der Waals surface area contributed by atoms with Crippen LogP contribution < -0.4 is 0 Å². The van der Waals surface area contributed by atoms with Crippen molar-refractivity contribution in [1.82, 2.24) is 9.80 Å². The molecule has 0 amide bonds. The van der Waals surface area contributed by atoms with Gasteiger partial charge >= 0.3 is 0 Å². The fourth-order valence-corrected chi connectivity index (χ4v) is 3.94. The summed E-state index contributed by atoms with van der Waals surface area (Å²) >= 11 is 0. The Balaban J connectivity index is 1.67. The summed E-state index contributed by atoms with van der Waals surface area (Å²) in [4.78, 5) is 5.45. The van der Waals surface area contributed by atoms with Crippen LogP contribution in [-0.2, 0) is 0 Å². The maximum absolute atomic E-state index is 2.81. The van der Waals surface area contributed by atoms with Crippen LogP contribution in [0.5, 0.6) is 0 Å². The van der Waals surface area contributed by atoms with Crippen LogP contribution in [0.4, 0.5) is 0 Å². The maximum Gasteiger partial charge on any atom is 0.0120 e. The lowest BCUT2D eigenvalue weighted by molar-refractivity contribution is 0.0653. The van der Waals surface area contributed by atoms with Gasteiger partial charge in [0.2, 0.25) is 0 Å². The first kappa shape index (κ1) is 16.3. The van der Waals surface area contributed by atoms with Crippen molar-refractivity contribution in [2.45, 2.75) is 78.3 Å². The molecule has 0 saturated carbocycles. The van der Waals surface area contributed by atoms with Crippen molar-refractivity contribution in [1.29, 1.82) is 0 Å². The summed E-state index contributed by atoms with van der Waals surface area (Å²) in [7, 11) is 0. The Morgan fingerprint density at radius 3 is 1.95 bits per heavy atom. The molecule has 0 bridgehead atoms. The van der Waals surface area contributed by atoms with Crippen molar-refractivity contribution < 1.29 is 0 Å². The lowest BCUT2D eigenvalue weighted by Gasteiger charge is -2.43. The summed E-state index contributed by atoms with van der Waals surface area (Å²) < 4.78 is 0. The summed E-state index contributed by atoms with van der Waals surface area (Å²) in [6.45, 7) is 14.8. The van der Waals surface area contributed by atoms with Gasteiger partial charge in [0.05, 0.1) is 0 Å². The molecule has 2 heterocycles. The minimum Gasteiger partial charge on any atom is -0.301 e. The van der Waals surface area contributed by atoms with Gasteiger partial charge in [-0.15, -0.1) is 0 Å². The molecular formula is C18H36N2. The van der Waals surface area contributed by atoms with E-state index in [1.165, 1.54) is 64.7 Å². The van der Waals surface area contributed by atoms with Gasteiger partial charge in [-0.3, -0.25) is 0 Å². The molecule has 0 unspecified atom stereocenters. The zero-order valence-corrected chi connectivity index (χ0v) is 14.3. The van der Waals surface area contributed by atoms with Crippen molar-refractivity contribution in [2.75, 3.05) is 26.2 Å². The van der Waals surface area contributed by atoms with E-state index in [-0.39, 0.29) is 0 Å². The zero-order chi connectivity index (χ0) is 14.5. The molecule has 0 spiro atoms. The highest BCUT2D eigenvalue weighted by atomic mass is 15.2. The van der Waals surface area contributed by atoms with E-state index in [0.717, 1.165) is 23.9 Å². The minimum absolute atomic E-state index is 0.734. The summed E-state index contributed by atoms with van der Waals surface area (Å²) in [6.07, 6.45) is 8.60. The van der Waals surface area contributed by atoms with Crippen LogP contribution in [-0.4, -0.2) is 48.1 Å². The molecule has 0 N–H and O–H groups in total. The molecule has 0 aliphatic carbocycles. The maximum atomic E-state index is 2.81. The lowest BCUT2D eigenvalue weighted by atomic mass is 9.88. The molecule has 0 radical (unpaired) electrons. The Kier molecular flexibility index (Phi) is 6.35. The van der Waals surface area contributed by atoms with E-state index in [2.05, 4.69) is 37.5 Å². The fraction of sp³-hybridized carbons (Fsp3) is 1.00. The molecule has 0 aromatic carbocycles. The van der Waals surface area contributed by atoms with Crippen molar-refractivity contribution in [2.24, 2.45) is 11.8 Å². The molecule has 2 aliphatic rings. The Morgan fingerprint density at radius 1 is 0.850 bits per heavy atom. The topological polar surface area (TPSA) is 6.48 Å². The van der Waals surface area contributed by atoms with Crippen molar-refractivity contribution in [3.8, 4) is 0 Å². The monoisotopic (exact) mass is 280 g/mol. The molecule has 2 nitrogen and oxygen atoms in total. The number of likely N-dealkylation sites (tertiary alicyclic amines) is 2. The number of hydrogen-bond donors (Lipinski definition) is 0. The summed E-state index contributed by atoms with van der Waals surface area (Å²) in [6, 6.07) is 1.62. The molecule has 2 rings (SSSR count). The van der Waals surface area contributed by atoms with Gasteiger partial charge in [0.15, 0.2) is 0 Å². The molecular weight excluding hydrogens is 244 g/mol. The Labute approximate surface area is 126 Å². The number of hydrogen-bond acceptors (Lipinski definition) is 2. The van der Waals surface area contributed by atoms with Crippen molar-refractivity contribution in [3.05, 3.63) is 0 Å². The number of rotatable bonds is 5. The molecule has 0 aromatic heterocycles. The SMILES string of the molecule is CC(C)CCC1CCN(C2CCN(C(C)C)CC2)CC1. The molecule has 2 saturated heterocycles. The van der Waals surface area contributed by atoms with Crippen LogP contribution in [0.15, 0.2) is 0 Å². The molecule has 0 atom stereocenters. The van der Waals surface area contributed by atoms with E-state index in [0.29, 0.717) is 0 Å². The first-order valence-electron chi connectivity index (χ1n) is 9.04. The van der Waals surface area contributed by atoms with Gasteiger partial charge in [-0.1, -0.05) is 26.7 Å². The average Bonchev–Trinajstić information content (AvgIpc) is 2.46. The van der Waals surface area contributed by atoms with E-state index in [1.807, 2.05) is 0 Å². The molecule has 118 valence electrons. The third kappa shape index (κ3) is 4.73. The second kappa shape index (κ2) is 7.79. The predicted molar refractivity (Wildman–Crippen MR) is 88.1 cm³/mol. The standard InChI is InChI=1S/C18H36N2/c1-15(2)5-6-17-7-11-20(12-8-17)18-9-13-19(14-10-18)16(3)4/h15-18H,5-14H2,1-4H3. The predicted octanol–water partition coefficient (Wildman–Crippen LogP) is 4.01. The summed E-state index contributed by atoms with van der Waals surface area (Å²) in [5, 5.41) is 0. The van der Waals surface area contributed by atoms with Crippen molar-refractivity contribution >= 4 is 0 Å². The van der Waals surface area contributed by atoms with E-state index in [1.54, 1.807) is 0 Å². The second-order valence-electron chi connectivity index (χ2n) is 7.81. The fourth-order valence-electron chi connectivity index (χ4n) is 3.94. The van der Waals surface area contributed by atoms with E-state index < -0.39 is 0 Å². The van der Waals surface area contributed by atoms with E-state index >= 15 is 0 Å². The van der Waals surface area contributed by atoms with E-state index in [9.17, 15) is 0 Å². The zero-order valence-electron chi connectivity index (χ0n) is 14.3. The van der Waals surface area contributed by atoms with Crippen molar-refractivity contribution in [3.63, 3.8) is 0 Å². The summed E-state index contributed by atoms with van der Waals surface area (Å²) in [5.74, 6) is 1.90. The first-order valence-corrected chi connectivity index (χ1v) is 9.04. The largest absolute Gasteiger partial charge is 0.301 e. The summed E-state index contributed by atoms with van der Waals surface area (Å²) in [5.41, 5.74) is 0. The smallest absolute Gasteiger partial charge is 0.0120 e. The second-order valence-corrected chi connectivity index (χ2v) is 7.81. The van der Waals surface area contributed by atoms with Gasteiger partial charge in [0.1, 0.15) is 0 Å². The van der Waals surface area contributed by atoms with Crippen LogP contribution in [0.1, 0.15) is 66.2 Å². The highest BCUT2D eigenvalue weighted by molar-refractivity contribution is 4.84. The van der Waals surface area contributed by atoms with Gasteiger partial charge in [-0.2, -0.15) is 0 Å². The first-order chi connectivity index (χ1) is 9.56. The Bertz CT molecular complexity index is 259. The quantitative estimate of drug-likeness (QED) is 0.751. The van der Waals surface area contributed by atoms with Crippen LogP contribution in [0.2, 0.25) is 0 Å². The van der Waals surface area contributed by atoms with Crippen LogP contribution in [0.25, 0.3) is 0 Å². The Hall–Kier alpha value is -0.0800. The lowest BCUT2D eigenvalue weighted by Crippen LogP contribution is -2.49. The van der Waals surface area contributed by atoms with Gasteiger partial charge in [-0.05, 0) is 77.5 Å². The number of nitrogens with zero attached hydrogens (tertiary/aromatic N) is 2. The third-order valence-corrected chi connectivity index (χ3v) is 5.55. The van der Waals surface area contributed by atoms with Gasteiger partial charge in [0, 0.05) is 12.1 Å². The third-order valence-electron chi connectivity index (χ3n) is 5.55. The highest BCUT2D eigenvalue weighted by Gasteiger charge is 2.28. The van der Waals surface area contributed by atoms with Crippen LogP contribution in [0.3, 0.4) is 0 Å². The minimum atomic E-state index is 0.734. The van der Waals surface area contributed by atoms with Gasteiger partial charge in [0.25, 0.3) is 0 Å². The van der Waals surface area contributed by atoms with E-state index in [4.69, 9.17) is 0 Å². The molecule has 20 heavy (non-hydrogen) atoms. The average molecular weight is 281 g/mol. The number of piperidine rings is 2. The molecule has 0 aromatic rings.